The number of hydrogen-bond acceptors (Lipinski definition) is 3. The molecule has 5 nitrogen and oxygen atoms in total. The van der Waals surface area contributed by atoms with E-state index in [1.165, 1.54) is 5.56 Å². The Hall–Kier alpha value is -3.34. The zero-order chi connectivity index (χ0) is 22.0. The Balaban J connectivity index is 1.62. The van der Waals surface area contributed by atoms with E-state index in [2.05, 4.69) is 11.4 Å². The van der Waals surface area contributed by atoms with Crippen LogP contribution in [-0.2, 0) is 17.8 Å². The molecule has 1 heterocycles. The number of ether oxygens (including phenoxy) is 1. The Kier molecular flexibility index (Phi) is 5.94. The first-order valence-corrected chi connectivity index (χ1v) is 10.8. The molecule has 1 aliphatic heterocycles. The number of amides is 2. The van der Waals surface area contributed by atoms with Crippen LogP contribution in [0.1, 0.15) is 42.3 Å². The van der Waals surface area contributed by atoms with Gasteiger partial charge in [0.1, 0.15) is 5.75 Å². The molecular weight excluding hydrogens is 388 g/mol. The lowest BCUT2D eigenvalue weighted by molar-refractivity contribution is -0.135. The lowest BCUT2D eigenvalue weighted by Gasteiger charge is -2.30. The highest BCUT2D eigenvalue weighted by Gasteiger charge is 2.23. The molecule has 160 valence electrons. The summed E-state index contributed by atoms with van der Waals surface area (Å²) in [6, 6.07) is 17.6. The molecule has 0 unspecified atom stereocenters. The van der Waals surface area contributed by atoms with Crippen LogP contribution < -0.4 is 10.1 Å². The van der Waals surface area contributed by atoms with Gasteiger partial charge in [0.25, 0.3) is 5.91 Å². The molecule has 1 N–H and O–H groups in total. The lowest BCUT2D eigenvalue weighted by atomic mass is 9.97. The van der Waals surface area contributed by atoms with E-state index in [4.69, 9.17) is 4.74 Å². The average molecular weight is 417 g/mol. The second kappa shape index (κ2) is 8.80. The zero-order valence-corrected chi connectivity index (χ0v) is 18.3. The lowest BCUT2D eigenvalue weighted by Crippen LogP contribution is -2.38. The van der Waals surface area contributed by atoms with Crippen molar-refractivity contribution in [2.75, 3.05) is 18.5 Å². The maximum Gasteiger partial charge on any atom is 0.260 e. The van der Waals surface area contributed by atoms with Gasteiger partial charge in [-0.2, -0.15) is 0 Å². The third-order valence-corrected chi connectivity index (χ3v) is 5.70. The van der Waals surface area contributed by atoms with Gasteiger partial charge in [0.15, 0.2) is 0 Å². The number of hydrogen-bond donors (Lipinski definition) is 1. The van der Waals surface area contributed by atoms with E-state index in [1.54, 1.807) is 0 Å². The highest BCUT2D eigenvalue weighted by Crippen LogP contribution is 2.30. The predicted octanol–water partition coefficient (Wildman–Crippen LogP) is 5.03. The Labute approximate surface area is 183 Å². The minimum Gasteiger partial charge on any atom is -0.493 e. The quantitative estimate of drug-likeness (QED) is 0.635. The van der Waals surface area contributed by atoms with Gasteiger partial charge >= 0.3 is 0 Å². The van der Waals surface area contributed by atoms with Crippen LogP contribution in [0.4, 0.5) is 5.69 Å². The summed E-state index contributed by atoms with van der Waals surface area (Å²) < 4.78 is 5.75. The summed E-state index contributed by atoms with van der Waals surface area (Å²) in [5, 5.41) is 4.89. The summed E-state index contributed by atoms with van der Waals surface area (Å²) in [4.78, 5) is 27.6. The van der Waals surface area contributed by atoms with Crippen molar-refractivity contribution in [3.05, 3.63) is 71.3 Å². The normalized spacial score (nSPS) is 13.2. The largest absolute Gasteiger partial charge is 0.493 e. The van der Waals surface area contributed by atoms with Crippen molar-refractivity contribution in [1.29, 1.82) is 0 Å². The molecule has 0 radical (unpaired) electrons. The van der Waals surface area contributed by atoms with E-state index in [9.17, 15) is 9.59 Å². The number of carbonyl (C=O) groups excluding carboxylic acids is 2. The minimum absolute atomic E-state index is 0.0206. The molecule has 4 rings (SSSR count). The van der Waals surface area contributed by atoms with Crippen LogP contribution in [0.2, 0.25) is 0 Å². The van der Waals surface area contributed by atoms with E-state index >= 15 is 0 Å². The van der Waals surface area contributed by atoms with Gasteiger partial charge in [-0.1, -0.05) is 50.2 Å². The molecule has 3 aromatic carbocycles. The fourth-order valence-electron chi connectivity index (χ4n) is 4.14. The average Bonchev–Trinajstić information content (AvgIpc) is 2.78. The van der Waals surface area contributed by atoms with E-state index in [0.29, 0.717) is 24.5 Å². The molecule has 0 saturated carbocycles. The molecule has 3 aromatic rings. The Bertz CT molecular complexity index is 1140. The summed E-state index contributed by atoms with van der Waals surface area (Å²) in [6.07, 6.45) is 0.833. The smallest absolute Gasteiger partial charge is 0.260 e. The van der Waals surface area contributed by atoms with Crippen LogP contribution in [-0.4, -0.2) is 29.9 Å². The van der Waals surface area contributed by atoms with E-state index in [-0.39, 0.29) is 17.7 Å². The monoisotopic (exact) mass is 416 g/mol. The molecule has 0 atom stereocenters. The van der Waals surface area contributed by atoms with Crippen LogP contribution in [0.5, 0.6) is 5.75 Å². The first-order valence-electron chi connectivity index (χ1n) is 10.8. The molecule has 0 fully saturated rings. The van der Waals surface area contributed by atoms with Gasteiger partial charge in [-0.15, -0.1) is 0 Å². The van der Waals surface area contributed by atoms with Crippen molar-refractivity contribution >= 4 is 28.3 Å². The van der Waals surface area contributed by atoms with Crippen molar-refractivity contribution in [2.45, 2.75) is 33.7 Å². The maximum atomic E-state index is 13.3. The number of carbonyl (C=O) groups is 2. The highest BCUT2D eigenvalue weighted by molar-refractivity contribution is 6.15. The highest BCUT2D eigenvalue weighted by atomic mass is 16.5. The summed E-state index contributed by atoms with van der Waals surface area (Å²) >= 11 is 0. The van der Waals surface area contributed by atoms with Gasteiger partial charge < -0.3 is 15.0 Å². The first-order chi connectivity index (χ1) is 15.0. The fraction of sp³-hybridized carbons (Fsp3) is 0.308. The van der Waals surface area contributed by atoms with Crippen molar-refractivity contribution in [2.24, 2.45) is 5.92 Å². The number of fused-ring (bicyclic) bond motifs is 2. The summed E-state index contributed by atoms with van der Waals surface area (Å²) in [7, 11) is 0. The molecule has 5 heteroatoms. The Morgan fingerprint density at radius 1 is 1.06 bits per heavy atom. The van der Waals surface area contributed by atoms with Gasteiger partial charge in [0.05, 0.1) is 12.2 Å². The number of nitrogens with one attached hydrogen (secondary N) is 1. The van der Waals surface area contributed by atoms with Crippen molar-refractivity contribution in [3.8, 4) is 5.75 Å². The molecule has 0 saturated heterocycles. The second-order valence-electron chi connectivity index (χ2n) is 8.19. The molecule has 0 aliphatic carbocycles. The molecule has 0 spiro atoms. The fourth-order valence-corrected chi connectivity index (χ4v) is 4.14. The third-order valence-electron chi connectivity index (χ3n) is 5.70. The predicted molar refractivity (Wildman–Crippen MR) is 123 cm³/mol. The number of benzene rings is 3. The molecular formula is C26H28N2O3. The van der Waals surface area contributed by atoms with Crippen molar-refractivity contribution < 1.29 is 14.3 Å². The Morgan fingerprint density at radius 2 is 1.87 bits per heavy atom. The van der Waals surface area contributed by atoms with Gasteiger partial charge in [0, 0.05) is 24.7 Å². The first kappa shape index (κ1) is 20.9. The second-order valence-corrected chi connectivity index (χ2v) is 8.19. The van der Waals surface area contributed by atoms with Gasteiger partial charge in [0.2, 0.25) is 5.91 Å². The topological polar surface area (TPSA) is 58.6 Å². The zero-order valence-electron chi connectivity index (χ0n) is 18.3. The van der Waals surface area contributed by atoms with Crippen molar-refractivity contribution in [1.82, 2.24) is 4.90 Å². The van der Waals surface area contributed by atoms with Crippen LogP contribution in [0.25, 0.3) is 10.8 Å². The van der Waals surface area contributed by atoms with Crippen LogP contribution >= 0.6 is 0 Å². The van der Waals surface area contributed by atoms with Gasteiger partial charge in [-0.25, -0.2) is 0 Å². The van der Waals surface area contributed by atoms with Crippen molar-refractivity contribution in [3.63, 3.8) is 0 Å². The molecule has 0 aromatic heterocycles. The third kappa shape index (κ3) is 4.26. The standard InChI is InChI=1S/C26H28N2O3/c1-4-31-23-12-10-19-7-5-6-8-22(19)24(23)25(29)27-21-11-9-18-13-14-28(16-20(18)15-21)26(30)17(2)3/h5-12,15,17H,4,13-14,16H2,1-3H3,(H,27,29). The van der Waals surface area contributed by atoms with E-state index in [1.807, 2.05) is 74.2 Å². The van der Waals surface area contributed by atoms with E-state index < -0.39 is 0 Å². The summed E-state index contributed by atoms with van der Waals surface area (Å²) in [5.41, 5.74) is 3.57. The number of nitrogens with zero attached hydrogens (tertiary/aromatic N) is 1. The number of anilines is 1. The minimum atomic E-state index is -0.203. The Morgan fingerprint density at radius 3 is 2.65 bits per heavy atom. The van der Waals surface area contributed by atoms with E-state index in [0.717, 1.165) is 35.0 Å². The van der Waals surface area contributed by atoms with Crippen LogP contribution in [0, 0.1) is 5.92 Å². The maximum absolute atomic E-state index is 13.3. The summed E-state index contributed by atoms with van der Waals surface area (Å²) in [5.74, 6) is 0.515. The molecule has 0 bridgehead atoms. The molecule has 31 heavy (non-hydrogen) atoms. The van der Waals surface area contributed by atoms with Crippen LogP contribution in [0.15, 0.2) is 54.6 Å². The summed E-state index contributed by atoms with van der Waals surface area (Å²) in [6.45, 7) is 7.56. The number of rotatable bonds is 5. The van der Waals surface area contributed by atoms with Gasteiger partial charge in [-0.05, 0) is 53.4 Å². The molecule has 1 aliphatic rings. The van der Waals surface area contributed by atoms with Crippen LogP contribution in [0.3, 0.4) is 0 Å². The SMILES string of the molecule is CCOc1ccc2ccccc2c1C(=O)Nc1ccc2c(c1)CN(C(=O)C(C)C)CC2. The molecule has 2 amide bonds. The van der Waals surface area contributed by atoms with Gasteiger partial charge in [-0.3, -0.25) is 9.59 Å².